The molecule has 6 nitrogen and oxygen atoms in total. The van der Waals surface area contributed by atoms with Crippen molar-refractivity contribution in [3.8, 4) is 0 Å². The van der Waals surface area contributed by atoms with E-state index in [-0.39, 0.29) is 11.9 Å². The largest absolute Gasteiger partial charge is 0.354 e. The van der Waals surface area contributed by atoms with E-state index >= 15 is 0 Å². The summed E-state index contributed by atoms with van der Waals surface area (Å²) in [5.74, 6) is 1.38. The van der Waals surface area contributed by atoms with Gasteiger partial charge in [-0.3, -0.25) is 14.8 Å². The fourth-order valence-corrected chi connectivity index (χ4v) is 3.56. The molecule has 7 heteroatoms. The Morgan fingerprint density at radius 1 is 1.64 bits per heavy atom. The number of nitrogens with one attached hydrogen (secondary N) is 2. The minimum Gasteiger partial charge on any atom is -0.354 e. The van der Waals surface area contributed by atoms with E-state index in [0.717, 1.165) is 31.8 Å². The number of hydrogen-bond donors (Lipinski definition) is 2. The molecule has 3 rings (SSSR count). The summed E-state index contributed by atoms with van der Waals surface area (Å²) >= 11 is 1.73. The number of hydrogen-bond acceptors (Lipinski definition) is 5. The molecule has 2 aromatic rings. The Morgan fingerprint density at radius 2 is 2.55 bits per heavy atom. The van der Waals surface area contributed by atoms with Gasteiger partial charge in [-0.15, -0.1) is 11.3 Å². The molecule has 2 N–H and O–H groups in total. The molecule has 0 bridgehead atoms. The van der Waals surface area contributed by atoms with Crippen molar-refractivity contribution in [2.45, 2.75) is 31.7 Å². The molecule has 0 spiro atoms. The average Bonchev–Trinajstić information content (AvgIpc) is 3.26. The second-order valence-corrected chi connectivity index (χ2v) is 6.68. The zero-order valence-electron chi connectivity index (χ0n) is 12.7. The molecule has 22 heavy (non-hydrogen) atoms. The monoisotopic (exact) mass is 319 g/mol. The van der Waals surface area contributed by atoms with Crippen molar-refractivity contribution in [3.05, 3.63) is 34.5 Å². The number of rotatable bonds is 6. The standard InChI is InChI=1S/C15H21N5OS/c1-11(15(21)16-6-4-13-3-2-8-22-13)20-7-5-12(9-20)14-17-10-18-19-14/h2-3,8,10-12H,4-7,9H2,1H3,(H,16,21)(H,17,18,19)/t11-,12+/m1/s1. The second-order valence-electron chi connectivity index (χ2n) is 5.65. The van der Waals surface area contributed by atoms with E-state index in [4.69, 9.17) is 0 Å². The highest BCUT2D eigenvalue weighted by molar-refractivity contribution is 7.09. The lowest BCUT2D eigenvalue weighted by Gasteiger charge is -2.23. The number of thiophene rings is 1. The molecule has 1 aliphatic heterocycles. The molecule has 0 aliphatic carbocycles. The SMILES string of the molecule is C[C@H](C(=O)NCCc1cccs1)N1CC[C@H](c2ncn[nH]2)C1. The van der Waals surface area contributed by atoms with E-state index in [1.165, 1.54) is 4.88 Å². The third kappa shape index (κ3) is 3.53. The van der Waals surface area contributed by atoms with E-state index in [2.05, 4.69) is 36.8 Å². The van der Waals surface area contributed by atoms with Crippen molar-refractivity contribution >= 4 is 17.2 Å². The van der Waals surface area contributed by atoms with Crippen molar-refractivity contribution in [1.82, 2.24) is 25.4 Å². The van der Waals surface area contributed by atoms with Crippen LogP contribution in [0.1, 0.15) is 30.0 Å². The summed E-state index contributed by atoms with van der Waals surface area (Å²) in [6.45, 7) is 4.45. The van der Waals surface area contributed by atoms with Gasteiger partial charge < -0.3 is 5.32 Å². The molecule has 118 valence electrons. The molecular weight excluding hydrogens is 298 g/mol. The molecule has 1 aliphatic rings. The smallest absolute Gasteiger partial charge is 0.237 e. The lowest BCUT2D eigenvalue weighted by molar-refractivity contribution is -0.125. The van der Waals surface area contributed by atoms with Crippen LogP contribution in [0.5, 0.6) is 0 Å². The van der Waals surface area contributed by atoms with Crippen LogP contribution in [0.15, 0.2) is 23.8 Å². The molecule has 0 saturated carbocycles. The summed E-state index contributed by atoms with van der Waals surface area (Å²) in [5.41, 5.74) is 0. The highest BCUT2D eigenvalue weighted by Gasteiger charge is 2.31. The van der Waals surface area contributed by atoms with Crippen LogP contribution in [0.2, 0.25) is 0 Å². The summed E-state index contributed by atoms with van der Waals surface area (Å²) in [7, 11) is 0. The molecule has 0 aromatic carbocycles. The molecule has 0 radical (unpaired) electrons. The maximum absolute atomic E-state index is 12.3. The van der Waals surface area contributed by atoms with Gasteiger partial charge in [0.15, 0.2) is 0 Å². The first-order valence-electron chi connectivity index (χ1n) is 7.63. The van der Waals surface area contributed by atoms with E-state index in [0.29, 0.717) is 12.5 Å². The van der Waals surface area contributed by atoms with Crippen LogP contribution in [0.25, 0.3) is 0 Å². The van der Waals surface area contributed by atoms with Gasteiger partial charge in [0.1, 0.15) is 12.2 Å². The molecule has 2 atom stereocenters. The van der Waals surface area contributed by atoms with E-state index in [9.17, 15) is 4.79 Å². The Balaban J connectivity index is 1.45. The summed E-state index contributed by atoms with van der Waals surface area (Å²) in [5, 5.41) is 11.9. The molecule has 1 fully saturated rings. The first kappa shape index (κ1) is 15.2. The zero-order chi connectivity index (χ0) is 15.4. The van der Waals surface area contributed by atoms with Gasteiger partial charge in [0.25, 0.3) is 0 Å². The summed E-state index contributed by atoms with van der Waals surface area (Å²) in [4.78, 5) is 20.0. The van der Waals surface area contributed by atoms with Crippen molar-refractivity contribution in [1.29, 1.82) is 0 Å². The van der Waals surface area contributed by atoms with Crippen molar-refractivity contribution < 1.29 is 4.79 Å². The maximum atomic E-state index is 12.3. The van der Waals surface area contributed by atoms with Crippen molar-refractivity contribution in [2.24, 2.45) is 0 Å². The summed E-state index contributed by atoms with van der Waals surface area (Å²) in [6.07, 6.45) is 3.46. The van der Waals surface area contributed by atoms with E-state index < -0.39 is 0 Å². The van der Waals surface area contributed by atoms with Crippen molar-refractivity contribution in [2.75, 3.05) is 19.6 Å². The third-order valence-electron chi connectivity index (χ3n) is 4.22. The van der Waals surface area contributed by atoms with Crippen molar-refractivity contribution in [3.63, 3.8) is 0 Å². The topological polar surface area (TPSA) is 73.9 Å². The van der Waals surface area contributed by atoms with Gasteiger partial charge in [0.05, 0.1) is 6.04 Å². The summed E-state index contributed by atoms with van der Waals surface area (Å²) in [6, 6.07) is 4.04. The lowest BCUT2D eigenvalue weighted by Crippen LogP contribution is -2.44. The lowest BCUT2D eigenvalue weighted by atomic mass is 10.1. The molecule has 0 unspecified atom stereocenters. The third-order valence-corrected chi connectivity index (χ3v) is 5.15. The van der Waals surface area contributed by atoms with E-state index in [1.807, 2.05) is 13.0 Å². The predicted molar refractivity (Wildman–Crippen MR) is 85.8 cm³/mol. The zero-order valence-corrected chi connectivity index (χ0v) is 13.5. The van der Waals surface area contributed by atoms with Gasteiger partial charge in [-0.25, -0.2) is 4.98 Å². The Hall–Kier alpha value is -1.73. The number of amides is 1. The minimum absolute atomic E-state index is 0.101. The highest BCUT2D eigenvalue weighted by Crippen LogP contribution is 2.25. The fourth-order valence-electron chi connectivity index (χ4n) is 2.85. The van der Waals surface area contributed by atoms with E-state index in [1.54, 1.807) is 17.7 Å². The quantitative estimate of drug-likeness (QED) is 0.844. The maximum Gasteiger partial charge on any atom is 0.237 e. The van der Waals surface area contributed by atoms with Crippen LogP contribution in [-0.2, 0) is 11.2 Å². The first-order valence-corrected chi connectivity index (χ1v) is 8.51. The van der Waals surface area contributed by atoms with Gasteiger partial charge in [-0.05, 0) is 37.8 Å². The average molecular weight is 319 g/mol. The summed E-state index contributed by atoms with van der Waals surface area (Å²) < 4.78 is 0. The van der Waals surface area contributed by atoms with Crippen LogP contribution >= 0.6 is 11.3 Å². The number of carbonyl (C=O) groups excluding carboxylic acids is 1. The van der Waals surface area contributed by atoms with Crippen LogP contribution < -0.4 is 5.32 Å². The number of carbonyl (C=O) groups is 1. The molecule has 1 saturated heterocycles. The number of aromatic amines is 1. The normalized spacial score (nSPS) is 20.1. The van der Waals surface area contributed by atoms with Crippen LogP contribution in [-0.4, -0.2) is 51.7 Å². The second kappa shape index (κ2) is 7.02. The number of nitrogens with zero attached hydrogens (tertiary/aromatic N) is 3. The van der Waals surface area contributed by atoms with Gasteiger partial charge >= 0.3 is 0 Å². The Kier molecular flexibility index (Phi) is 4.84. The predicted octanol–water partition coefficient (Wildman–Crippen LogP) is 1.40. The number of H-pyrrole nitrogens is 1. The van der Waals surface area contributed by atoms with Gasteiger partial charge in [-0.2, -0.15) is 5.10 Å². The molecule has 3 heterocycles. The first-order chi connectivity index (χ1) is 10.7. The van der Waals surface area contributed by atoms with Gasteiger partial charge in [-0.1, -0.05) is 6.07 Å². The Labute approximate surface area is 133 Å². The highest BCUT2D eigenvalue weighted by atomic mass is 32.1. The Morgan fingerprint density at radius 3 is 3.27 bits per heavy atom. The molecular formula is C15H21N5OS. The fraction of sp³-hybridized carbons (Fsp3) is 0.533. The molecule has 2 aromatic heterocycles. The van der Waals surface area contributed by atoms with Gasteiger partial charge in [0.2, 0.25) is 5.91 Å². The van der Waals surface area contributed by atoms with Crippen LogP contribution in [0.4, 0.5) is 0 Å². The Bertz CT molecular complexity index is 583. The number of aromatic nitrogens is 3. The molecule has 1 amide bonds. The van der Waals surface area contributed by atoms with Gasteiger partial charge in [0, 0.05) is 23.9 Å². The minimum atomic E-state index is -0.101. The number of likely N-dealkylation sites (tertiary alicyclic amines) is 1. The van der Waals surface area contributed by atoms with Crippen LogP contribution in [0, 0.1) is 0 Å². The van der Waals surface area contributed by atoms with Crippen LogP contribution in [0.3, 0.4) is 0 Å².